The van der Waals surface area contributed by atoms with Crippen molar-refractivity contribution in [2.45, 2.75) is 23.8 Å². The minimum absolute atomic E-state index is 0.122. The molecule has 0 saturated carbocycles. The first-order chi connectivity index (χ1) is 11.9. The van der Waals surface area contributed by atoms with Crippen LogP contribution in [-0.4, -0.2) is 73.6 Å². The van der Waals surface area contributed by atoms with Crippen LogP contribution in [0.4, 0.5) is 4.39 Å². The van der Waals surface area contributed by atoms with Crippen molar-refractivity contribution in [2.75, 3.05) is 43.4 Å². The first-order valence-corrected chi connectivity index (χ1v) is 11.3. The molecule has 2 fully saturated rings. The molecule has 1 atom stereocenters. The molecule has 138 valence electrons. The van der Waals surface area contributed by atoms with Crippen LogP contribution in [-0.2, 0) is 14.6 Å². The van der Waals surface area contributed by atoms with Gasteiger partial charge in [0.05, 0.1) is 11.5 Å². The molecule has 0 aliphatic carbocycles. The Morgan fingerprint density at radius 3 is 2.44 bits per heavy atom. The van der Waals surface area contributed by atoms with Crippen LogP contribution in [0.2, 0.25) is 0 Å². The summed E-state index contributed by atoms with van der Waals surface area (Å²) < 4.78 is 36.1. The zero-order valence-corrected chi connectivity index (χ0v) is 15.7. The summed E-state index contributed by atoms with van der Waals surface area (Å²) in [5.74, 6) is 1.10. The number of halogens is 1. The molecular weight excluding hydrogens is 363 g/mol. The highest BCUT2D eigenvalue weighted by atomic mass is 32.2. The predicted octanol–water partition coefficient (Wildman–Crippen LogP) is 1.64. The lowest BCUT2D eigenvalue weighted by molar-refractivity contribution is -0.132. The summed E-state index contributed by atoms with van der Waals surface area (Å²) in [6, 6.07) is 6.41. The van der Waals surface area contributed by atoms with Crippen LogP contribution in [0.1, 0.15) is 12.8 Å². The van der Waals surface area contributed by atoms with E-state index in [1.54, 1.807) is 23.9 Å². The normalized spacial score (nSPS) is 23.7. The number of amides is 1. The third kappa shape index (κ3) is 5.18. The number of sulfone groups is 1. The van der Waals surface area contributed by atoms with E-state index in [1.807, 2.05) is 4.90 Å². The summed E-state index contributed by atoms with van der Waals surface area (Å²) >= 11 is 1.55. The molecule has 2 aliphatic rings. The molecule has 0 spiro atoms. The maximum atomic E-state index is 12.9. The molecule has 25 heavy (non-hydrogen) atoms. The van der Waals surface area contributed by atoms with Gasteiger partial charge in [-0.05, 0) is 30.7 Å². The Morgan fingerprint density at radius 1 is 1.16 bits per heavy atom. The van der Waals surface area contributed by atoms with Crippen LogP contribution in [0.25, 0.3) is 0 Å². The van der Waals surface area contributed by atoms with Crippen LogP contribution >= 0.6 is 11.8 Å². The van der Waals surface area contributed by atoms with E-state index in [0.717, 1.165) is 18.0 Å². The van der Waals surface area contributed by atoms with Gasteiger partial charge >= 0.3 is 0 Å². The van der Waals surface area contributed by atoms with Gasteiger partial charge in [-0.15, -0.1) is 11.8 Å². The summed E-state index contributed by atoms with van der Waals surface area (Å²) in [6.07, 6.45) is 1.17. The van der Waals surface area contributed by atoms with Gasteiger partial charge in [-0.25, -0.2) is 12.8 Å². The van der Waals surface area contributed by atoms with Gasteiger partial charge in [0.25, 0.3) is 0 Å². The standard InChI is InChI=1S/C17H23FN2O3S2/c18-14-1-3-16(4-2-14)24-11-5-17(21)20-9-7-19(8-10-20)15-6-12-25(22,23)13-15/h1-4,15H,5-13H2. The van der Waals surface area contributed by atoms with E-state index in [-0.39, 0.29) is 29.3 Å². The zero-order chi connectivity index (χ0) is 17.9. The third-order valence-corrected chi connectivity index (χ3v) is 7.55. The van der Waals surface area contributed by atoms with Crippen LogP contribution in [0.15, 0.2) is 29.2 Å². The summed E-state index contributed by atoms with van der Waals surface area (Å²) in [4.78, 5) is 17.3. The second-order valence-electron chi connectivity index (χ2n) is 6.53. The predicted molar refractivity (Wildman–Crippen MR) is 97.0 cm³/mol. The molecule has 0 N–H and O–H groups in total. The third-order valence-electron chi connectivity index (χ3n) is 4.79. The topological polar surface area (TPSA) is 57.7 Å². The Kier molecular flexibility index (Phi) is 6.01. The lowest BCUT2D eigenvalue weighted by Gasteiger charge is -2.37. The van der Waals surface area contributed by atoms with Gasteiger partial charge < -0.3 is 4.90 Å². The summed E-state index contributed by atoms with van der Waals surface area (Å²) in [7, 11) is -2.86. The van der Waals surface area contributed by atoms with E-state index in [9.17, 15) is 17.6 Å². The van der Waals surface area contributed by atoms with Crippen molar-refractivity contribution in [1.82, 2.24) is 9.80 Å². The number of piperazine rings is 1. The number of carbonyl (C=O) groups is 1. The smallest absolute Gasteiger partial charge is 0.223 e. The fourth-order valence-corrected chi connectivity index (χ4v) is 5.95. The molecule has 1 aromatic rings. The van der Waals surface area contributed by atoms with Gasteiger partial charge in [-0.3, -0.25) is 9.69 Å². The van der Waals surface area contributed by atoms with E-state index < -0.39 is 9.84 Å². The maximum absolute atomic E-state index is 12.9. The first-order valence-electron chi connectivity index (χ1n) is 8.53. The molecule has 1 aromatic carbocycles. The van der Waals surface area contributed by atoms with Crippen molar-refractivity contribution in [3.8, 4) is 0 Å². The molecule has 5 nitrogen and oxygen atoms in total. The second-order valence-corrected chi connectivity index (χ2v) is 9.92. The van der Waals surface area contributed by atoms with Crippen molar-refractivity contribution in [3.63, 3.8) is 0 Å². The Bertz CT molecular complexity index is 701. The average molecular weight is 387 g/mol. The van der Waals surface area contributed by atoms with E-state index in [1.165, 1.54) is 12.1 Å². The van der Waals surface area contributed by atoms with Gasteiger partial charge in [0.15, 0.2) is 9.84 Å². The Balaban J connectivity index is 1.39. The number of hydrogen-bond acceptors (Lipinski definition) is 5. The second kappa shape index (κ2) is 8.05. The van der Waals surface area contributed by atoms with Gasteiger partial charge in [0.2, 0.25) is 5.91 Å². The quantitative estimate of drug-likeness (QED) is 0.720. The number of thioether (sulfide) groups is 1. The highest BCUT2D eigenvalue weighted by Gasteiger charge is 2.34. The minimum Gasteiger partial charge on any atom is -0.340 e. The van der Waals surface area contributed by atoms with E-state index in [2.05, 4.69) is 4.90 Å². The molecule has 0 bridgehead atoms. The van der Waals surface area contributed by atoms with Crippen molar-refractivity contribution in [3.05, 3.63) is 30.1 Å². The van der Waals surface area contributed by atoms with Crippen LogP contribution in [0.5, 0.6) is 0 Å². The number of nitrogens with zero attached hydrogens (tertiary/aromatic N) is 2. The Morgan fingerprint density at radius 2 is 1.84 bits per heavy atom. The lowest BCUT2D eigenvalue weighted by atomic mass is 10.2. The van der Waals surface area contributed by atoms with E-state index in [4.69, 9.17) is 0 Å². The molecule has 2 heterocycles. The van der Waals surface area contributed by atoms with Crippen LogP contribution in [0.3, 0.4) is 0 Å². The van der Waals surface area contributed by atoms with Gasteiger partial charge in [0, 0.05) is 49.3 Å². The van der Waals surface area contributed by atoms with Crippen LogP contribution < -0.4 is 0 Å². The summed E-state index contributed by atoms with van der Waals surface area (Å²) in [5.41, 5.74) is 0. The maximum Gasteiger partial charge on any atom is 0.223 e. The SMILES string of the molecule is O=C(CCSc1ccc(F)cc1)N1CCN(C2CCS(=O)(=O)C2)CC1. The zero-order valence-electron chi connectivity index (χ0n) is 14.1. The fraction of sp³-hybridized carbons (Fsp3) is 0.588. The number of hydrogen-bond donors (Lipinski definition) is 0. The van der Waals surface area contributed by atoms with Crippen molar-refractivity contribution < 1.29 is 17.6 Å². The van der Waals surface area contributed by atoms with Gasteiger partial charge in [-0.2, -0.15) is 0 Å². The summed E-state index contributed by atoms with van der Waals surface area (Å²) in [5, 5.41) is 0. The molecule has 1 unspecified atom stereocenters. The Labute approximate surface area is 152 Å². The first kappa shape index (κ1) is 18.7. The molecule has 1 amide bonds. The largest absolute Gasteiger partial charge is 0.340 e. The average Bonchev–Trinajstić information content (AvgIpc) is 2.97. The van der Waals surface area contributed by atoms with Crippen molar-refractivity contribution in [2.24, 2.45) is 0 Å². The number of carbonyl (C=O) groups excluding carboxylic acids is 1. The highest BCUT2D eigenvalue weighted by molar-refractivity contribution is 7.99. The highest BCUT2D eigenvalue weighted by Crippen LogP contribution is 2.21. The monoisotopic (exact) mass is 386 g/mol. The number of benzene rings is 1. The molecule has 0 aromatic heterocycles. The van der Waals surface area contributed by atoms with Crippen molar-refractivity contribution in [1.29, 1.82) is 0 Å². The molecular formula is C17H23FN2O3S2. The van der Waals surface area contributed by atoms with Crippen molar-refractivity contribution >= 4 is 27.5 Å². The summed E-state index contributed by atoms with van der Waals surface area (Å²) in [6.45, 7) is 2.82. The molecule has 0 radical (unpaired) electrons. The molecule has 2 saturated heterocycles. The molecule has 8 heteroatoms. The van der Waals surface area contributed by atoms with E-state index >= 15 is 0 Å². The van der Waals surface area contributed by atoms with Gasteiger partial charge in [0.1, 0.15) is 5.82 Å². The Hall–Kier alpha value is -1.12. The minimum atomic E-state index is -2.86. The van der Waals surface area contributed by atoms with Crippen LogP contribution in [0, 0.1) is 5.82 Å². The van der Waals surface area contributed by atoms with Gasteiger partial charge in [-0.1, -0.05) is 0 Å². The molecule has 2 aliphatic heterocycles. The fourth-order valence-electron chi connectivity index (χ4n) is 3.34. The lowest BCUT2D eigenvalue weighted by Crippen LogP contribution is -2.52. The van der Waals surface area contributed by atoms with E-state index in [0.29, 0.717) is 31.7 Å². The molecule has 3 rings (SSSR count). The number of rotatable bonds is 5.